The van der Waals surface area contributed by atoms with Crippen LogP contribution in [0, 0.1) is 17.2 Å². The van der Waals surface area contributed by atoms with Crippen molar-refractivity contribution < 1.29 is 14.1 Å². The van der Waals surface area contributed by atoms with Crippen LogP contribution in [0.4, 0.5) is 4.79 Å². The first-order chi connectivity index (χ1) is 17.8. The van der Waals surface area contributed by atoms with E-state index in [1.807, 2.05) is 24.8 Å². The van der Waals surface area contributed by atoms with Gasteiger partial charge in [0.15, 0.2) is 0 Å². The molecule has 0 spiro atoms. The van der Waals surface area contributed by atoms with E-state index in [1.165, 1.54) is 5.57 Å². The lowest BCUT2D eigenvalue weighted by atomic mass is 9.87. The topological polar surface area (TPSA) is 108 Å². The van der Waals surface area contributed by atoms with Crippen LogP contribution in [-0.4, -0.2) is 71.3 Å². The molecule has 194 valence electrons. The molecule has 2 aromatic rings. The Morgan fingerprint density at radius 3 is 2.89 bits per heavy atom. The Morgan fingerprint density at radius 1 is 1.32 bits per heavy atom. The van der Waals surface area contributed by atoms with E-state index in [2.05, 4.69) is 52.7 Å². The molecule has 9 heteroatoms. The summed E-state index contributed by atoms with van der Waals surface area (Å²) in [7, 11) is 4.14. The second kappa shape index (κ2) is 10.4. The second-order valence-corrected chi connectivity index (χ2v) is 10.5. The van der Waals surface area contributed by atoms with Crippen LogP contribution in [0.15, 0.2) is 40.4 Å². The van der Waals surface area contributed by atoms with Gasteiger partial charge in [-0.15, -0.1) is 0 Å². The van der Waals surface area contributed by atoms with E-state index in [0.717, 1.165) is 44.3 Å². The summed E-state index contributed by atoms with van der Waals surface area (Å²) < 4.78 is 11.3. The average molecular weight is 503 g/mol. The number of carbonyl (C=O) groups excluding carboxylic acids is 1. The summed E-state index contributed by atoms with van der Waals surface area (Å²) in [6.07, 6.45) is 7.85. The van der Waals surface area contributed by atoms with Gasteiger partial charge < -0.3 is 24.4 Å². The van der Waals surface area contributed by atoms with Gasteiger partial charge in [-0.2, -0.15) is 10.2 Å². The number of nitrogens with zero attached hydrogens (tertiary/aromatic N) is 5. The van der Waals surface area contributed by atoms with Gasteiger partial charge in [0.1, 0.15) is 11.8 Å². The summed E-state index contributed by atoms with van der Waals surface area (Å²) in [5.41, 5.74) is 3.34. The Hall–Kier alpha value is -3.64. The van der Waals surface area contributed by atoms with Gasteiger partial charge in [0, 0.05) is 42.2 Å². The van der Waals surface area contributed by atoms with Crippen molar-refractivity contribution in [1.82, 2.24) is 25.3 Å². The Morgan fingerprint density at radius 2 is 2.16 bits per heavy atom. The zero-order chi connectivity index (χ0) is 26.1. The molecule has 1 aliphatic heterocycles. The molecule has 9 nitrogen and oxygen atoms in total. The largest absolute Gasteiger partial charge is 0.490 e. The predicted molar refractivity (Wildman–Crippen MR) is 140 cm³/mol. The van der Waals surface area contributed by atoms with Gasteiger partial charge in [-0.25, -0.2) is 4.79 Å². The first-order valence-corrected chi connectivity index (χ1v) is 13.0. The Bertz CT molecular complexity index is 1270. The molecule has 1 aromatic carbocycles. The van der Waals surface area contributed by atoms with E-state index < -0.39 is 0 Å². The van der Waals surface area contributed by atoms with E-state index >= 15 is 0 Å². The number of nitrogens with one attached hydrogen (secondary N) is 1. The van der Waals surface area contributed by atoms with Crippen LogP contribution in [0.1, 0.15) is 50.9 Å². The molecule has 2 heterocycles. The maximum absolute atomic E-state index is 13.0. The molecule has 5 rings (SSSR count). The van der Waals surface area contributed by atoms with Crippen molar-refractivity contribution >= 4 is 11.6 Å². The fraction of sp³-hybridized carbons (Fsp3) is 0.500. The fourth-order valence-corrected chi connectivity index (χ4v) is 5.57. The number of fused-ring (bicyclic) bond motifs is 1. The van der Waals surface area contributed by atoms with Crippen LogP contribution in [-0.2, 0) is 0 Å². The van der Waals surface area contributed by atoms with Crippen molar-refractivity contribution in [2.45, 2.75) is 57.7 Å². The number of nitriles is 1. The number of amides is 2. The van der Waals surface area contributed by atoms with Crippen LogP contribution in [0.5, 0.6) is 5.75 Å². The number of likely N-dealkylation sites (tertiary alicyclic amines) is 1. The van der Waals surface area contributed by atoms with Crippen molar-refractivity contribution in [3.8, 4) is 23.3 Å². The van der Waals surface area contributed by atoms with Crippen LogP contribution in [0.2, 0.25) is 0 Å². The normalized spacial score (nSPS) is 23.1. The van der Waals surface area contributed by atoms with Crippen LogP contribution in [0.3, 0.4) is 0 Å². The molecule has 3 aliphatic rings. The number of hydrogen-bond donors (Lipinski definition) is 1. The molecule has 2 fully saturated rings. The smallest absolute Gasteiger partial charge is 0.317 e. The zero-order valence-corrected chi connectivity index (χ0v) is 21.9. The van der Waals surface area contributed by atoms with Crippen molar-refractivity contribution in [3.05, 3.63) is 47.3 Å². The lowest BCUT2D eigenvalue weighted by molar-refractivity contribution is 0.197. The Labute approximate surface area is 217 Å². The van der Waals surface area contributed by atoms with E-state index in [1.54, 1.807) is 12.1 Å². The average Bonchev–Trinajstić information content (AvgIpc) is 3.64. The van der Waals surface area contributed by atoms with Crippen molar-refractivity contribution in [2.24, 2.45) is 5.92 Å². The molecule has 1 aromatic heterocycles. The highest BCUT2D eigenvalue weighted by Gasteiger charge is 2.37. The standard InChI is InChI=1S/C28H34N6O3/c1-17(2)36-25-11-8-18(14-19(25)15-29)27-31-26(32-37-27)23-7-5-6-22-21(23)9-10-24(22)30-28(35)34-13-12-20(16-34)33(3)4/h5,7-8,11,14,17,20,22,24H,6,9-10,12-13,16H2,1-4H3,(H,30,35)/t20?,22?,24-/m0/s1. The van der Waals surface area contributed by atoms with Gasteiger partial charge in [0.2, 0.25) is 5.82 Å². The van der Waals surface area contributed by atoms with Gasteiger partial charge in [0.05, 0.1) is 11.7 Å². The minimum absolute atomic E-state index is 0.0299. The molecule has 1 N–H and O–H groups in total. The summed E-state index contributed by atoms with van der Waals surface area (Å²) in [5.74, 6) is 1.66. The first-order valence-electron chi connectivity index (χ1n) is 13.0. The van der Waals surface area contributed by atoms with Crippen molar-refractivity contribution in [2.75, 3.05) is 27.2 Å². The maximum atomic E-state index is 13.0. The molecular weight excluding hydrogens is 468 g/mol. The molecule has 0 bridgehead atoms. The molecule has 1 saturated carbocycles. The fourth-order valence-electron chi connectivity index (χ4n) is 5.57. The minimum atomic E-state index is -0.0299. The van der Waals surface area contributed by atoms with E-state index in [-0.39, 0.29) is 24.1 Å². The molecule has 2 unspecified atom stereocenters. The van der Waals surface area contributed by atoms with Gasteiger partial charge in [0.25, 0.3) is 5.89 Å². The van der Waals surface area contributed by atoms with E-state index in [9.17, 15) is 10.1 Å². The predicted octanol–water partition coefficient (Wildman–Crippen LogP) is 4.23. The molecule has 37 heavy (non-hydrogen) atoms. The third-order valence-electron chi connectivity index (χ3n) is 7.54. The van der Waals surface area contributed by atoms with E-state index in [0.29, 0.717) is 34.6 Å². The summed E-state index contributed by atoms with van der Waals surface area (Å²) in [6, 6.07) is 8.04. The number of rotatable bonds is 6. The summed E-state index contributed by atoms with van der Waals surface area (Å²) in [4.78, 5) is 21.8. The molecular formula is C28H34N6O3. The van der Waals surface area contributed by atoms with Crippen molar-refractivity contribution in [3.63, 3.8) is 0 Å². The second-order valence-electron chi connectivity index (χ2n) is 10.5. The number of hydrogen-bond acceptors (Lipinski definition) is 7. The van der Waals surface area contributed by atoms with Crippen molar-refractivity contribution in [1.29, 1.82) is 5.26 Å². The van der Waals surface area contributed by atoms with Gasteiger partial charge >= 0.3 is 6.03 Å². The number of urea groups is 1. The van der Waals surface area contributed by atoms with Crippen LogP contribution >= 0.6 is 0 Å². The SMILES string of the molecule is CC(C)Oc1ccc(-c2nc(C3=C4CC[C@H](NC(=O)N5CCC(N(C)C)C5)C4CC=C3)no2)cc1C#N. The summed E-state index contributed by atoms with van der Waals surface area (Å²) >= 11 is 0. The Balaban J connectivity index is 1.31. The number of benzene rings is 1. The van der Waals surface area contributed by atoms with E-state index in [4.69, 9.17) is 9.26 Å². The molecule has 2 aliphatic carbocycles. The molecule has 3 atom stereocenters. The van der Waals surface area contributed by atoms with Crippen LogP contribution in [0.25, 0.3) is 17.0 Å². The minimum Gasteiger partial charge on any atom is -0.490 e. The van der Waals surface area contributed by atoms with Gasteiger partial charge in [-0.1, -0.05) is 22.9 Å². The Kier molecular flexibility index (Phi) is 7.02. The number of likely N-dealkylation sites (N-methyl/N-ethyl adjacent to an activating group) is 1. The highest BCUT2D eigenvalue weighted by molar-refractivity contribution is 5.78. The molecule has 2 amide bonds. The van der Waals surface area contributed by atoms with Gasteiger partial charge in [-0.3, -0.25) is 0 Å². The zero-order valence-electron chi connectivity index (χ0n) is 21.9. The quantitative estimate of drug-likeness (QED) is 0.630. The highest BCUT2D eigenvalue weighted by Crippen LogP contribution is 2.42. The number of allylic oxidation sites excluding steroid dienone is 3. The molecule has 0 radical (unpaired) electrons. The van der Waals surface area contributed by atoms with Gasteiger partial charge in [-0.05, 0) is 71.8 Å². The highest BCUT2D eigenvalue weighted by atomic mass is 16.5. The number of ether oxygens (including phenoxy) is 1. The third kappa shape index (κ3) is 5.12. The summed E-state index contributed by atoms with van der Waals surface area (Å²) in [5, 5.41) is 17.1. The summed E-state index contributed by atoms with van der Waals surface area (Å²) in [6.45, 7) is 5.41. The molecule has 1 saturated heterocycles. The first kappa shape index (κ1) is 25.0. The lowest BCUT2D eigenvalue weighted by Crippen LogP contribution is -2.46. The lowest BCUT2D eigenvalue weighted by Gasteiger charge is -2.27. The monoisotopic (exact) mass is 502 g/mol. The number of aromatic nitrogens is 2. The van der Waals surface area contributed by atoms with Crippen LogP contribution < -0.4 is 10.1 Å². The number of carbonyl (C=O) groups is 1. The third-order valence-corrected chi connectivity index (χ3v) is 7.54. The maximum Gasteiger partial charge on any atom is 0.317 e.